The first-order chi connectivity index (χ1) is 15.7. The predicted octanol–water partition coefficient (Wildman–Crippen LogP) is 4.17. The van der Waals surface area contributed by atoms with Gasteiger partial charge in [-0.05, 0) is 18.2 Å². The summed E-state index contributed by atoms with van der Waals surface area (Å²) >= 11 is 0. The molecule has 4 heterocycles. The van der Waals surface area contributed by atoms with Crippen LogP contribution >= 0.6 is 0 Å². The van der Waals surface area contributed by atoms with Crippen molar-refractivity contribution in [2.75, 3.05) is 13.1 Å². The second-order valence-electron chi connectivity index (χ2n) is 7.63. The van der Waals surface area contributed by atoms with Crippen LogP contribution in [0.3, 0.4) is 0 Å². The number of nitrogens with zero attached hydrogens (tertiary/aromatic N) is 6. The number of amides is 1. The molecule has 0 radical (unpaired) electrons. The van der Waals surface area contributed by atoms with E-state index in [1.165, 1.54) is 17.0 Å². The third-order valence-electron chi connectivity index (χ3n) is 5.56. The largest absolute Gasteiger partial charge is 0.416 e. The van der Waals surface area contributed by atoms with Gasteiger partial charge in [0.2, 0.25) is 0 Å². The fourth-order valence-electron chi connectivity index (χ4n) is 3.88. The van der Waals surface area contributed by atoms with Gasteiger partial charge in [0.1, 0.15) is 16.7 Å². The fraction of sp³-hybridized carbons (Fsp3) is 0.182. The first-order valence-electron chi connectivity index (χ1n) is 9.91. The van der Waals surface area contributed by atoms with Crippen LogP contribution in [0.25, 0.3) is 28.0 Å². The van der Waals surface area contributed by atoms with Crippen LogP contribution in [0, 0.1) is 0 Å². The van der Waals surface area contributed by atoms with Crippen LogP contribution in [0.5, 0.6) is 0 Å². The Hall–Kier alpha value is -4.02. The van der Waals surface area contributed by atoms with E-state index in [1.807, 2.05) is 0 Å². The van der Waals surface area contributed by atoms with E-state index in [2.05, 4.69) is 21.6 Å². The highest BCUT2D eigenvalue weighted by molar-refractivity contribution is 5.95. The molecule has 1 amide bonds. The molecule has 0 bridgehead atoms. The highest BCUT2D eigenvalue weighted by Crippen LogP contribution is 2.36. The molecule has 7 nitrogen and oxygen atoms in total. The molecule has 1 saturated heterocycles. The number of rotatable bonds is 4. The summed E-state index contributed by atoms with van der Waals surface area (Å²) in [4.78, 5) is 21.7. The lowest BCUT2D eigenvalue weighted by atomic mass is 10.1. The van der Waals surface area contributed by atoms with E-state index in [-0.39, 0.29) is 19.1 Å². The highest BCUT2D eigenvalue weighted by atomic mass is 19.4. The van der Waals surface area contributed by atoms with E-state index >= 15 is 0 Å². The molecule has 11 heteroatoms. The summed E-state index contributed by atoms with van der Waals surface area (Å²) in [5.41, 5.74) is 1.93. The third-order valence-corrected chi connectivity index (χ3v) is 5.56. The first-order valence-corrected chi connectivity index (χ1v) is 9.91. The topological polar surface area (TPSA) is 68.8 Å². The summed E-state index contributed by atoms with van der Waals surface area (Å²) in [5.74, 6) is -1.82. The molecule has 5 rings (SSSR count). The predicted molar refractivity (Wildman–Crippen MR) is 111 cm³/mol. The number of pyridine rings is 1. The number of imidazole rings is 1. The number of halogens is 4. The molecule has 1 aromatic carbocycles. The van der Waals surface area contributed by atoms with Gasteiger partial charge in [-0.25, -0.2) is 9.37 Å². The van der Waals surface area contributed by atoms with Gasteiger partial charge >= 0.3 is 6.18 Å². The summed E-state index contributed by atoms with van der Waals surface area (Å²) in [6.45, 7) is 3.46. The van der Waals surface area contributed by atoms with Crippen molar-refractivity contribution in [2.24, 2.45) is 0 Å². The number of hydrogen-bond acceptors (Lipinski definition) is 4. The van der Waals surface area contributed by atoms with Gasteiger partial charge in [-0.3, -0.25) is 14.5 Å². The zero-order valence-corrected chi connectivity index (χ0v) is 17.0. The molecule has 0 spiro atoms. The average molecular weight is 456 g/mol. The minimum Gasteiger partial charge on any atom is -0.332 e. The SMILES string of the molecule is C=C(F)C(=O)N1CC(n2nc(-c3ccc(C(F)(F)F)cc3)c3nccc(-n4ccnc4)c32)C1. The number of alkyl halides is 3. The van der Waals surface area contributed by atoms with Crippen molar-refractivity contribution in [3.05, 3.63) is 73.2 Å². The van der Waals surface area contributed by atoms with Gasteiger partial charge in [-0.15, -0.1) is 0 Å². The Morgan fingerprint density at radius 2 is 1.82 bits per heavy atom. The van der Waals surface area contributed by atoms with Gasteiger partial charge in [0.05, 0.1) is 23.6 Å². The van der Waals surface area contributed by atoms with E-state index in [0.29, 0.717) is 28.0 Å². The Bertz CT molecular complexity index is 1350. The number of fused-ring (bicyclic) bond motifs is 1. The summed E-state index contributed by atoms with van der Waals surface area (Å²) in [6.07, 6.45) is 2.09. The van der Waals surface area contributed by atoms with Crippen LogP contribution in [-0.4, -0.2) is 48.2 Å². The number of likely N-dealkylation sites (tertiary alicyclic amines) is 1. The zero-order valence-electron chi connectivity index (χ0n) is 17.0. The Balaban J connectivity index is 1.62. The van der Waals surface area contributed by atoms with Gasteiger partial charge < -0.3 is 9.47 Å². The summed E-state index contributed by atoms with van der Waals surface area (Å²) in [5, 5.41) is 4.67. The molecule has 1 aliphatic heterocycles. The molecule has 1 aliphatic rings. The Morgan fingerprint density at radius 1 is 1.09 bits per heavy atom. The van der Waals surface area contributed by atoms with E-state index in [9.17, 15) is 22.4 Å². The van der Waals surface area contributed by atoms with E-state index < -0.39 is 23.5 Å². The number of carbonyl (C=O) groups is 1. The van der Waals surface area contributed by atoms with Gasteiger partial charge in [0, 0.05) is 37.2 Å². The number of benzene rings is 1. The Labute approximate surface area is 184 Å². The fourth-order valence-corrected chi connectivity index (χ4v) is 3.88. The summed E-state index contributed by atoms with van der Waals surface area (Å²) in [6, 6.07) is 6.19. The van der Waals surface area contributed by atoms with Crippen LogP contribution in [0.15, 0.2) is 67.7 Å². The third kappa shape index (κ3) is 3.55. The smallest absolute Gasteiger partial charge is 0.332 e. The van der Waals surface area contributed by atoms with Crippen molar-refractivity contribution in [3.8, 4) is 16.9 Å². The highest BCUT2D eigenvalue weighted by Gasteiger charge is 2.36. The lowest BCUT2D eigenvalue weighted by Gasteiger charge is -2.39. The zero-order chi connectivity index (χ0) is 23.3. The van der Waals surface area contributed by atoms with Gasteiger partial charge in [-0.2, -0.15) is 18.3 Å². The van der Waals surface area contributed by atoms with Crippen LogP contribution in [0.4, 0.5) is 17.6 Å². The molecule has 0 atom stereocenters. The number of carbonyl (C=O) groups excluding carboxylic acids is 1. The molecule has 0 N–H and O–H groups in total. The monoisotopic (exact) mass is 456 g/mol. The number of aromatic nitrogens is 5. The maximum absolute atomic E-state index is 13.2. The average Bonchev–Trinajstić information content (AvgIpc) is 3.41. The van der Waals surface area contributed by atoms with Crippen molar-refractivity contribution in [1.82, 2.24) is 29.2 Å². The molecule has 33 heavy (non-hydrogen) atoms. The standard InChI is InChI=1S/C22H16F4N6O/c1-13(23)21(33)31-10-16(11-31)32-20-17(30-9-8-27-12-30)6-7-28-19(20)18(29-32)14-2-4-15(5-3-14)22(24,25)26/h2-9,12,16H,1,10-11H2. The molecule has 4 aromatic rings. The van der Waals surface area contributed by atoms with E-state index in [1.54, 1.807) is 40.2 Å². The van der Waals surface area contributed by atoms with Crippen molar-refractivity contribution in [3.63, 3.8) is 0 Å². The quantitative estimate of drug-likeness (QED) is 0.342. The Morgan fingerprint density at radius 3 is 2.42 bits per heavy atom. The number of hydrogen-bond donors (Lipinski definition) is 0. The van der Waals surface area contributed by atoms with E-state index in [0.717, 1.165) is 12.1 Å². The van der Waals surface area contributed by atoms with Crippen molar-refractivity contribution < 1.29 is 22.4 Å². The van der Waals surface area contributed by atoms with Gasteiger partial charge in [0.25, 0.3) is 5.91 Å². The minimum absolute atomic E-state index is 0.212. The molecular weight excluding hydrogens is 440 g/mol. The van der Waals surface area contributed by atoms with Crippen LogP contribution in [0.1, 0.15) is 11.6 Å². The molecular formula is C22H16F4N6O. The second-order valence-corrected chi connectivity index (χ2v) is 7.63. The second kappa shape index (κ2) is 7.54. The lowest BCUT2D eigenvalue weighted by molar-refractivity contribution is -0.137. The van der Waals surface area contributed by atoms with Gasteiger partial charge in [-0.1, -0.05) is 18.7 Å². The van der Waals surface area contributed by atoms with Crippen molar-refractivity contribution in [1.29, 1.82) is 0 Å². The van der Waals surface area contributed by atoms with Crippen LogP contribution in [-0.2, 0) is 11.0 Å². The first kappa shape index (κ1) is 20.9. The molecule has 0 saturated carbocycles. The Kier molecular flexibility index (Phi) is 4.76. The molecule has 0 aliphatic carbocycles. The molecule has 168 valence electrons. The normalized spacial score (nSPS) is 14.5. The lowest BCUT2D eigenvalue weighted by Crippen LogP contribution is -2.51. The summed E-state index contributed by atoms with van der Waals surface area (Å²) in [7, 11) is 0. The maximum atomic E-state index is 13.2. The maximum Gasteiger partial charge on any atom is 0.416 e. The minimum atomic E-state index is -4.45. The van der Waals surface area contributed by atoms with Crippen LogP contribution < -0.4 is 0 Å². The van der Waals surface area contributed by atoms with Crippen molar-refractivity contribution >= 4 is 16.9 Å². The van der Waals surface area contributed by atoms with E-state index in [4.69, 9.17) is 0 Å². The molecule has 1 fully saturated rings. The molecule has 3 aromatic heterocycles. The van der Waals surface area contributed by atoms with Crippen LogP contribution in [0.2, 0.25) is 0 Å². The van der Waals surface area contributed by atoms with Gasteiger partial charge in [0.15, 0.2) is 5.83 Å². The van der Waals surface area contributed by atoms with Crippen molar-refractivity contribution in [2.45, 2.75) is 12.2 Å². The summed E-state index contributed by atoms with van der Waals surface area (Å²) < 4.78 is 55.7. The molecule has 0 unspecified atom stereocenters.